The van der Waals surface area contributed by atoms with E-state index in [9.17, 15) is 0 Å². The zero-order valence-electron chi connectivity index (χ0n) is 15.0. The fourth-order valence-electron chi connectivity index (χ4n) is 3.14. The number of aliphatic hydroxyl groups is 1. The first-order valence-corrected chi connectivity index (χ1v) is 9.04. The van der Waals surface area contributed by atoms with Crippen LogP contribution >= 0.6 is 0 Å². The summed E-state index contributed by atoms with van der Waals surface area (Å²) < 4.78 is 10.9. The van der Waals surface area contributed by atoms with Crippen molar-refractivity contribution in [3.05, 3.63) is 41.5 Å². The zero-order chi connectivity index (χ0) is 17.6. The van der Waals surface area contributed by atoms with Gasteiger partial charge in [-0.3, -0.25) is 4.90 Å². The van der Waals surface area contributed by atoms with Gasteiger partial charge in [0.05, 0.1) is 6.61 Å². The Balaban J connectivity index is 1.52. The van der Waals surface area contributed by atoms with Gasteiger partial charge in [0.25, 0.3) is 0 Å². The Labute approximate surface area is 148 Å². The Kier molecular flexibility index (Phi) is 6.04. The third-order valence-corrected chi connectivity index (χ3v) is 4.58. The molecule has 1 aliphatic rings. The van der Waals surface area contributed by atoms with Crippen LogP contribution in [0.3, 0.4) is 0 Å². The van der Waals surface area contributed by atoms with Crippen molar-refractivity contribution in [2.24, 2.45) is 0 Å². The first-order valence-electron chi connectivity index (χ1n) is 9.04. The van der Waals surface area contributed by atoms with E-state index in [1.54, 1.807) is 0 Å². The van der Waals surface area contributed by atoms with Gasteiger partial charge >= 0.3 is 0 Å². The Morgan fingerprint density at radius 1 is 1.32 bits per heavy atom. The number of nitrogens with zero attached hydrogens (tertiary/aromatic N) is 3. The topological polar surface area (TPSA) is 71.6 Å². The van der Waals surface area contributed by atoms with Crippen LogP contribution in [0.1, 0.15) is 55.8 Å². The summed E-state index contributed by atoms with van der Waals surface area (Å²) in [5.41, 5.74) is 1.23. The van der Waals surface area contributed by atoms with Gasteiger partial charge in [-0.25, -0.2) is 0 Å². The fraction of sp³-hybridized carbons (Fsp3) is 0.579. The molecule has 25 heavy (non-hydrogen) atoms. The maximum Gasteiger partial charge on any atom is 0.229 e. The molecule has 1 saturated heterocycles. The average Bonchev–Trinajstić information content (AvgIpc) is 3.11. The molecule has 0 radical (unpaired) electrons. The number of hydrogen-bond acceptors (Lipinski definition) is 6. The Hall–Kier alpha value is -1.92. The Morgan fingerprint density at radius 3 is 2.80 bits per heavy atom. The lowest BCUT2D eigenvalue weighted by molar-refractivity contribution is 0.186. The second-order valence-corrected chi connectivity index (χ2v) is 6.92. The molecule has 0 aliphatic carbocycles. The van der Waals surface area contributed by atoms with E-state index in [-0.39, 0.29) is 6.61 Å². The van der Waals surface area contributed by atoms with E-state index < -0.39 is 0 Å². The highest BCUT2D eigenvalue weighted by atomic mass is 16.5. The molecule has 0 amide bonds. The summed E-state index contributed by atoms with van der Waals surface area (Å²) in [5.74, 6) is 3.08. The van der Waals surface area contributed by atoms with E-state index >= 15 is 0 Å². The summed E-state index contributed by atoms with van der Waals surface area (Å²) in [7, 11) is 0. The number of rotatable bonds is 7. The minimum atomic E-state index is 0.0337. The van der Waals surface area contributed by atoms with Crippen molar-refractivity contribution in [3.8, 4) is 5.75 Å². The zero-order valence-corrected chi connectivity index (χ0v) is 15.0. The normalized spacial score (nSPS) is 16.5. The van der Waals surface area contributed by atoms with E-state index in [1.807, 2.05) is 12.1 Å². The van der Waals surface area contributed by atoms with Crippen LogP contribution in [0.15, 0.2) is 28.8 Å². The van der Waals surface area contributed by atoms with E-state index in [0.717, 1.165) is 49.9 Å². The molecule has 2 aromatic rings. The molecular weight excluding hydrogens is 318 g/mol. The molecule has 1 aromatic carbocycles. The van der Waals surface area contributed by atoms with Crippen molar-refractivity contribution in [2.75, 3.05) is 26.3 Å². The van der Waals surface area contributed by atoms with Gasteiger partial charge in [-0.15, -0.1) is 0 Å². The monoisotopic (exact) mass is 345 g/mol. The molecule has 1 N–H and O–H groups in total. The molecular formula is C19H27N3O3. The predicted octanol–water partition coefficient (Wildman–Crippen LogP) is 2.94. The number of aliphatic hydroxyl groups excluding tert-OH is 1. The van der Waals surface area contributed by atoms with E-state index in [0.29, 0.717) is 18.4 Å². The van der Waals surface area contributed by atoms with Crippen molar-refractivity contribution in [1.29, 1.82) is 0 Å². The Bertz CT molecular complexity index is 663. The lowest BCUT2D eigenvalue weighted by Crippen LogP contribution is -2.32. The molecule has 1 aromatic heterocycles. The number of benzene rings is 1. The van der Waals surface area contributed by atoms with Gasteiger partial charge in [-0.2, -0.15) is 4.98 Å². The van der Waals surface area contributed by atoms with Crippen LogP contribution in [0.25, 0.3) is 0 Å². The number of hydrogen-bond donors (Lipinski definition) is 1. The average molecular weight is 345 g/mol. The van der Waals surface area contributed by atoms with E-state index in [4.69, 9.17) is 14.4 Å². The molecule has 2 heterocycles. The number of aromatic nitrogens is 2. The highest BCUT2D eigenvalue weighted by Crippen LogP contribution is 2.28. The van der Waals surface area contributed by atoms with Gasteiger partial charge in [0.2, 0.25) is 5.89 Å². The first kappa shape index (κ1) is 17.9. The lowest BCUT2D eigenvalue weighted by Gasteiger charge is -2.30. The molecule has 6 heteroatoms. The summed E-state index contributed by atoms with van der Waals surface area (Å²) >= 11 is 0. The standard InChI is InChI=1S/C19H27N3O3/c1-14(2)18-20-19(25-21-18)16-6-8-22(9-7-16)13-15-4-3-5-17(12-15)24-11-10-23/h3-5,12,14,16,23H,6-11,13H2,1-2H3. The number of piperidine rings is 1. The molecule has 0 saturated carbocycles. The van der Waals surface area contributed by atoms with Crippen LogP contribution in [0.5, 0.6) is 5.75 Å². The molecule has 6 nitrogen and oxygen atoms in total. The van der Waals surface area contributed by atoms with E-state index in [2.05, 4.69) is 41.0 Å². The molecule has 0 atom stereocenters. The maximum absolute atomic E-state index is 8.86. The molecule has 0 bridgehead atoms. The minimum Gasteiger partial charge on any atom is -0.491 e. The summed E-state index contributed by atoms with van der Waals surface area (Å²) in [4.78, 5) is 7.00. The highest BCUT2D eigenvalue weighted by molar-refractivity contribution is 5.28. The smallest absolute Gasteiger partial charge is 0.229 e. The highest BCUT2D eigenvalue weighted by Gasteiger charge is 2.25. The molecule has 136 valence electrons. The summed E-state index contributed by atoms with van der Waals surface area (Å²) in [6.45, 7) is 7.47. The van der Waals surface area contributed by atoms with Gasteiger partial charge < -0.3 is 14.4 Å². The molecule has 0 unspecified atom stereocenters. The molecule has 1 aliphatic heterocycles. The predicted molar refractivity (Wildman–Crippen MR) is 94.7 cm³/mol. The second kappa shape index (κ2) is 8.45. The molecule has 3 rings (SSSR count). The summed E-state index contributed by atoms with van der Waals surface area (Å²) in [5, 5.41) is 12.9. The third-order valence-electron chi connectivity index (χ3n) is 4.58. The first-order chi connectivity index (χ1) is 12.2. The van der Waals surface area contributed by atoms with Gasteiger partial charge in [-0.05, 0) is 43.6 Å². The van der Waals surface area contributed by atoms with Crippen LogP contribution in [0.4, 0.5) is 0 Å². The van der Waals surface area contributed by atoms with Gasteiger partial charge in [-0.1, -0.05) is 31.1 Å². The minimum absolute atomic E-state index is 0.0337. The lowest BCUT2D eigenvalue weighted by atomic mass is 9.96. The second-order valence-electron chi connectivity index (χ2n) is 6.92. The van der Waals surface area contributed by atoms with Crippen LogP contribution in [0, 0.1) is 0 Å². The summed E-state index contributed by atoms with van der Waals surface area (Å²) in [6.07, 6.45) is 2.08. The number of ether oxygens (including phenoxy) is 1. The molecule has 1 fully saturated rings. The Morgan fingerprint density at radius 2 is 2.12 bits per heavy atom. The fourth-order valence-corrected chi connectivity index (χ4v) is 3.14. The molecule has 0 spiro atoms. The largest absolute Gasteiger partial charge is 0.491 e. The quantitative estimate of drug-likeness (QED) is 0.832. The SMILES string of the molecule is CC(C)c1noc(C2CCN(Cc3cccc(OCCO)c3)CC2)n1. The van der Waals surface area contributed by atoms with Crippen LogP contribution in [0.2, 0.25) is 0 Å². The third kappa shape index (κ3) is 4.80. The maximum atomic E-state index is 8.86. The van der Waals surface area contributed by atoms with Crippen molar-refractivity contribution in [1.82, 2.24) is 15.0 Å². The summed E-state index contributed by atoms with van der Waals surface area (Å²) in [6, 6.07) is 8.09. The van der Waals surface area contributed by atoms with Crippen molar-refractivity contribution >= 4 is 0 Å². The number of likely N-dealkylation sites (tertiary alicyclic amines) is 1. The van der Waals surface area contributed by atoms with Crippen molar-refractivity contribution < 1.29 is 14.4 Å². The van der Waals surface area contributed by atoms with Gasteiger partial charge in [0.15, 0.2) is 5.82 Å². The van der Waals surface area contributed by atoms with E-state index in [1.165, 1.54) is 5.56 Å². The van der Waals surface area contributed by atoms with Gasteiger partial charge in [0, 0.05) is 18.4 Å². The van der Waals surface area contributed by atoms with Crippen LogP contribution in [-0.4, -0.2) is 46.5 Å². The van der Waals surface area contributed by atoms with Crippen LogP contribution in [-0.2, 0) is 6.54 Å². The van der Waals surface area contributed by atoms with Crippen molar-refractivity contribution in [3.63, 3.8) is 0 Å². The van der Waals surface area contributed by atoms with Crippen molar-refractivity contribution in [2.45, 2.75) is 45.1 Å². The van der Waals surface area contributed by atoms with Crippen LogP contribution < -0.4 is 4.74 Å². The van der Waals surface area contributed by atoms with Gasteiger partial charge in [0.1, 0.15) is 12.4 Å².